The van der Waals surface area contributed by atoms with E-state index in [1.165, 1.54) is 25.7 Å². The number of ether oxygens (including phenoxy) is 2. The van der Waals surface area contributed by atoms with Gasteiger partial charge in [0.25, 0.3) is 5.91 Å². The summed E-state index contributed by atoms with van der Waals surface area (Å²) >= 11 is 0. The van der Waals surface area contributed by atoms with Gasteiger partial charge < -0.3 is 18.8 Å². The van der Waals surface area contributed by atoms with Gasteiger partial charge in [-0.15, -0.1) is 0 Å². The number of likely N-dealkylation sites (tertiary alicyclic amines) is 2. The molecule has 0 unspecified atom stereocenters. The molecule has 3 aliphatic rings. The second-order valence-corrected chi connectivity index (χ2v) is 9.04. The molecule has 0 aliphatic carbocycles. The summed E-state index contributed by atoms with van der Waals surface area (Å²) in [4.78, 5) is 17.9. The van der Waals surface area contributed by atoms with Gasteiger partial charge in [0.1, 0.15) is 0 Å². The van der Waals surface area contributed by atoms with Crippen molar-refractivity contribution < 1.29 is 18.7 Å². The van der Waals surface area contributed by atoms with Crippen LogP contribution < -0.4 is 4.74 Å². The molecule has 6 heteroatoms. The molecule has 0 saturated carbocycles. The van der Waals surface area contributed by atoms with Gasteiger partial charge in [0.15, 0.2) is 17.1 Å². The third kappa shape index (κ3) is 3.60. The molecule has 5 rings (SSSR count). The van der Waals surface area contributed by atoms with Crippen LogP contribution in [0.15, 0.2) is 28.7 Å². The Morgan fingerprint density at radius 1 is 1.17 bits per heavy atom. The number of hydrogen-bond donors (Lipinski definition) is 0. The van der Waals surface area contributed by atoms with Gasteiger partial charge in [-0.3, -0.25) is 9.69 Å². The Balaban J connectivity index is 1.30. The molecule has 0 N–H and O–H groups in total. The summed E-state index contributed by atoms with van der Waals surface area (Å²) in [5, 5.41) is 0.905. The Morgan fingerprint density at radius 3 is 2.83 bits per heavy atom. The number of nitrogens with zero attached hydrogens (tertiary/aromatic N) is 2. The highest BCUT2D eigenvalue weighted by molar-refractivity contribution is 5.97. The molecule has 3 aliphatic heterocycles. The van der Waals surface area contributed by atoms with Gasteiger partial charge in [-0.25, -0.2) is 0 Å². The van der Waals surface area contributed by atoms with Crippen LogP contribution >= 0.6 is 0 Å². The van der Waals surface area contributed by atoms with Gasteiger partial charge in [-0.1, -0.05) is 12.1 Å². The predicted molar refractivity (Wildman–Crippen MR) is 115 cm³/mol. The van der Waals surface area contributed by atoms with E-state index in [0.717, 1.165) is 57.4 Å². The molecule has 0 bridgehead atoms. The van der Waals surface area contributed by atoms with E-state index in [-0.39, 0.29) is 11.4 Å². The van der Waals surface area contributed by atoms with Gasteiger partial charge in [0.05, 0.1) is 13.2 Å². The van der Waals surface area contributed by atoms with Gasteiger partial charge in [0.2, 0.25) is 0 Å². The Labute approximate surface area is 178 Å². The molecular weight excluding hydrogens is 380 g/mol. The monoisotopic (exact) mass is 412 g/mol. The van der Waals surface area contributed by atoms with Crippen LogP contribution in [-0.2, 0) is 4.74 Å². The van der Waals surface area contributed by atoms with Crippen molar-refractivity contribution in [3.63, 3.8) is 0 Å². The van der Waals surface area contributed by atoms with Crippen molar-refractivity contribution in [2.75, 3.05) is 39.9 Å². The van der Waals surface area contributed by atoms with E-state index < -0.39 is 0 Å². The quantitative estimate of drug-likeness (QED) is 0.757. The lowest BCUT2D eigenvalue weighted by Crippen LogP contribution is -2.47. The largest absolute Gasteiger partial charge is 0.493 e. The lowest BCUT2D eigenvalue weighted by atomic mass is 9.87. The van der Waals surface area contributed by atoms with Crippen LogP contribution in [0.3, 0.4) is 0 Å². The van der Waals surface area contributed by atoms with Crippen LogP contribution in [0.2, 0.25) is 0 Å². The summed E-state index contributed by atoms with van der Waals surface area (Å²) in [6.07, 6.45) is 8.51. The molecule has 162 valence electrons. The van der Waals surface area contributed by atoms with Crippen LogP contribution in [-0.4, -0.2) is 67.2 Å². The molecule has 3 saturated heterocycles. The van der Waals surface area contributed by atoms with E-state index in [1.807, 2.05) is 29.2 Å². The first-order valence-electron chi connectivity index (χ1n) is 11.4. The molecule has 1 aromatic heterocycles. The number of hydrogen-bond acceptors (Lipinski definition) is 5. The Bertz CT molecular complexity index is 904. The zero-order valence-corrected chi connectivity index (χ0v) is 17.9. The molecule has 1 aromatic carbocycles. The van der Waals surface area contributed by atoms with Gasteiger partial charge >= 0.3 is 0 Å². The molecule has 0 radical (unpaired) electrons. The van der Waals surface area contributed by atoms with Crippen molar-refractivity contribution in [1.82, 2.24) is 9.80 Å². The Kier molecular flexibility index (Phi) is 5.46. The summed E-state index contributed by atoms with van der Waals surface area (Å²) in [5.41, 5.74) is 0.881. The fraction of sp³-hybridized carbons (Fsp3) is 0.625. The highest BCUT2D eigenvalue weighted by Gasteiger charge is 2.43. The van der Waals surface area contributed by atoms with Gasteiger partial charge in [-0.05, 0) is 63.6 Å². The molecule has 1 amide bonds. The van der Waals surface area contributed by atoms with E-state index >= 15 is 0 Å². The normalized spacial score (nSPS) is 27.8. The van der Waals surface area contributed by atoms with E-state index in [0.29, 0.717) is 23.2 Å². The molecular formula is C24H32N2O4. The third-order valence-electron chi connectivity index (χ3n) is 7.33. The smallest absolute Gasteiger partial charge is 0.289 e. The number of fused-ring (bicyclic) bond motifs is 1. The Hall–Kier alpha value is -2.05. The van der Waals surface area contributed by atoms with Crippen molar-refractivity contribution in [2.45, 2.75) is 56.6 Å². The lowest BCUT2D eigenvalue weighted by Gasteiger charge is -2.39. The topological polar surface area (TPSA) is 55.2 Å². The number of carbonyl (C=O) groups excluding carboxylic acids is 1. The predicted octanol–water partition coefficient (Wildman–Crippen LogP) is 4.08. The molecule has 1 spiro atoms. The maximum atomic E-state index is 13.2. The minimum absolute atomic E-state index is 0.00558. The minimum Gasteiger partial charge on any atom is -0.493 e. The Morgan fingerprint density at radius 2 is 2.03 bits per heavy atom. The van der Waals surface area contributed by atoms with Crippen molar-refractivity contribution in [3.05, 3.63) is 30.0 Å². The molecule has 2 aromatic rings. The highest BCUT2D eigenvalue weighted by Crippen LogP contribution is 2.39. The van der Waals surface area contributed by atoms with Crippen LogP contribution in [0, 0.1) is 0 Å². The van der Waals surface area contributed by atoms with Gasteiger partial charge in [-0.2, -0.15) is 0 Å². The SMILES string of the molecule is COc1cccc2cc(C(=O)N3CCC[C@@]4(CCCN4C[C@@H]4CCCO4)CC3)oc12. The third-order valence-corrected chi connectivity index (χ3v) is 7.33. The van der Waals surface area contributed by atoms with Crippen molar-refractivity contribution in [2.24, 2.45) is 0 Å². The van der Waals surface area contributed by atoms with Crippen molar-refractivity contribution in [3.8, 4) is 5.75 Å². The first-order chi connectivity index (χ1) is 14.7. The standard InChI is InChI=1S/C24H32N2O4/c1-28-20-8-2-6-18-16-21(30-22(18)20)23(27)25-12-4-9-24(11-14-25)10-5-13-26(24)17-19-7-3-15-29-19/h2,6,8,16,19H,3-5,7,9-15,17H2,1H3/t19-,24+/m0/s1. The van der Waals surface area contributed by atoms with Crippen LogP contribution in [0.4, 0.5) is 0 Å². The fourth-order valence-corrected chi connectivity index (χ4v) is 5.72. The number of para-hydroxylation sites is 1. The fourth-order valence-electron chi connectivity index (χ4n) is 5.72. The van der Waals surface area contributed by atoms with E-state index in [4.69, 9.17) is 13.9 Å². The summed E-state index contributed by atoms with van der Waals surface area (Å²) in [6.45, 7) is 4.71. The summed E-state index contributed by atoms with van der Waals surface area (Å²) in [5.74, 6) is 1.07. The van der Waals surface area contributed by atoms with E-state index in [1.54, 1.807) is 7.11 Å². The van der Waals surface area contributed by atoms with Gasteiger partial charge in [0, 0.05) is 37.2 Å². The van der Waals surface area contributed by atoms with E-state index in [9.17, 15) is 4.79 Å². The molecule has 4 heterocycles. The molecule has 2 atom stereocenters. The number of furan rings is 1. The van der Waals surface area contributed by atoms with Crippen LogP contribution in [0.25, 0.3) is 11.0 Å². The molecule has 30 heavy (non-hydrogen) atoms. The first kappa shape index (κ1) is 19.9. The van der Waals surface area contributed by atoms with Crippen molar-refractivity contribution >= 4 is 16.9 Å². The number of rotatable bonds is 4. The number of methoxy groups -OCH3 is 1. The summed E-state index contributed by atoms with van der Waals surface area (Å²) in [7, 11) is 1.62. The lowest BCUT2D eigenvalue weighted by molar-refractivity contribution is 0.0339. The first-order valence-corrected chi connectivity index (χ1v) is 11.4. The van der Waals surface area contributed by atoms with Crippen LogP contribution in [0.1, 0.15) is 55.5 Å². The van der Waals surface area contributed by atoms with Crippen molar-refractivity contribution in [1.29, 1.82) is 0 Å². The second-order valence-electron chi connectivity index (χ2n) is 9.04. The number of benzene rings is 1. The van der Waals surface area contributed by atoms with E-state index in [2.05, 4.69) is 4.90 Å². The van der Waals surface area contributed by atoms with Crippen LogP contribution in [0.5, 0.6) is 5.75 Å². The zero-order chi connectivity index (χ0) is 20.6. The average molecular weight is 413 g/mol. The summed E-state index contributed by atoms with van der Waals surface area (Å²) < 4.78 is 17.2. The maximum Gasteiger partial charge on any atom is 0.289 e. The highest BCUT2D eigenvalue weighted by atomic mass is 16.5. The number of carbonyl (C=O) groups is 1. The number of amides is 1. The maximum absolute atomic E-state index is 13.2. The molecule has 3 fully saturated rings. The average Bonchev–Trinajstić information content (AvgIpc) is 3.47. The molecule has 6 nitrogen and oxygen atoms in total. The minimum atomic E-state index is -0.00558. The summed E-state index contributed by atoms with van der Waals surface area (Å²) in [6, 6.07) is 7.58. The zero-order valence-electron chi connectivity index (χ0n) is 17.9. The second kappa shape index (κ2) is 8.23.